The van der Waals surface area contributed by atoms with Gasteiger partial charge < -0.3 is 41.5 Å². The van der Waals surface area contributed by atoms with Gasteiger partial charge in [-0.15, -0.1) is 10.2 Å². The minimum Gasteiger partial charge on any atom is -0.489 e. The number of fused-ring (bicyclic) bond motifs is 3. The highest BCUT2D eigenvalue weighted by Gasteiger charge is 2.30. The molecule has 4 fully saturated rings. The van der Waals surface area contributed by atoms with Crippen molar-refractivity contribution in [2.75, 3.05) is 81.7 Å². The number of pyridine rings is 6. The summed E-state index contributed by atoms with van der Waals surface area (Å²) in [5, 5.41) is 39.5. The number of aromatic nitrogens is 19. The standard InChI is InChI=1S/C34H39N9O2S.C30H32N8O2.C27H28N10O2.H2O/c1-22-16-25(30-9-13-38-41(30)2)20-36-31(22)29-18-26-21-37-34(39-27-6-4-23(5-7-27)17-24-8-12-35-19-24)40-32(26)43(33(29)44)28-10-14-42(15-11-28)46(3)45;1-18(2)38-27-21(15-24(29(38)39)23-12-13-25(34-19(23)3)28-32-17-33-37(28)4)16-31-30(36-27)35-22-10-8-20(9-11-22)26-7-5-6-14-40-26;1-4-37-25-17(12-21(26(37)38)22-15-29-23(11-16(22)2)24-33-35-36(3)34-24)13-30-27(32-25)31-18-5-7-19(8-6-18)39-20-9-10-28-14-20;/h4-7,9,16,18,20-21,24,28,35H,8,10-15,17,19H2,1-3H3;8-13,15-18,26H,5-7,14H2,1-4H3,(H,31,35,36);5-8,11-13,15,20,28H,4,9-10,14H2,1-3H3,(H,30,31,32);1H2/p+1. The molecule has 35 heteroatoms. The van der Waals surface area contributed by atoms with Crippen LogP contribution in [0.5, 0.6) is 5.75 Å². The summed E-state index contributed by atoms with van der Waals surface area (Å²) in [5.41, 5.74) is 15.9. The van der Waals surface area contributed by atoms with Crippen LogP contribution in [0.3, 0.4) is 0 Å². The van der Waals surface area contributed by atoms with Crippen molar-refractivity contribution in [2.24, 2.45) is 25.1 Å². The third-order valence-corrected chi connectivity index (χ3v) is 24.5. The number of aryl methyl sites for hydroxylation is 6. The number of nitrogens with zero attached hydrogens (tertiary/aromatic N) is 22. The number of azo groups is 2. The van der Waals surface area contributed by atoms with Crippen molar-refractivity contribution in [2.45, 2.75) is 124 Å². The minimum absolute atomic E-state index is 0. The van der Waals surface area contributed by atoms with E-state index < -0.39 is 11.0 Å². The van der Waals surface area contributed by atoms with Gasteiger partial charge in [-0.05, 0) is 236 Å². The van der Waals surface area contributed by atoms with E-state index in [0.717, 1.165) is 137 Å². The van der Waals surface area contributed by atoms with Gasteiger partial charge in [0, 0.05) is 156 Å². The Morgan fingerprint density at radius 2 is 1.29 bits per heavy atom. The largest absolute Gasteiger partial charge is 0.489 e. The van der Waals surface area contributed by atoms with Crippen LogP contribution in [-0.4, -0.2) is 184 Å². The van der Waals surface area contributed by atoms with Gasteiger partial charge in [0.05, 0.1) is 41.0 Å². The average Bonchev–Trinajstić information content (AvgIpc) is 0.865. The van der Waals surface area contributed by atoms with Crippen LogP contribution in [0.15, 0.2) is 178 Å². The van der Waals surface area contributed by atoms with Gasteiger partial charge in [0.1, 0.15) is 53.1 Å². The molecule has 34 nitrogen and oxygen atoms in total. The van der Waals surface area contributed by atoms with Crippen LogP contribution >= 0.6 is 0 Å². The van der Waals surface area contributed by atoms with Crippen molar-refractivity contribution in [3.05, 3.63) is 223 Å². The highest BCUT2D eigenvalue weighted by Crippen LogP contribution is 2.36. The van der Waals surface area contributed by atoms with E-state index in [1.165, 1.54) is 35.1 Å². The van der Waals surface area contributed by atoms with Gasteiger partial charge in [-0.3, -0.25) is 38.1 Å². The molecule has 0 amide bonds. The number of rotatable bonds is 21. The summed E-state index contributed by atoms with van der Waals surface area (Å²) in [7, 11) is 4.40. The van der Waals surface area contributed by atoms with Gasteiger partial charge in [0.2, 0.25) is 29.4 Å². The Morgan fingerprint density at radius 3 is 1.87 bits per heavy atom. The normalized spacial score (nSPS) is 16.8. The number of nitrogens with one attached hydrogen (secondary N) is 5. The van der Waals surface area contributed by atoms with E-state index >= 15 is 0 Å². The number of tetrazole rings is 1. The summed E-state index contributed by atoms with van der Waals surface area (Å²) in [6.07, 6.45) is 22.5. The molecule has 0 bridgehead atoms. The Hall–Kier alpha value is -13.3. The fourth-order valence-corrected chi connectivity index (χ4v) is 17.6. The molecule has 3 aromatic carbocycles. The van der Waals surface area contributed by atoms with E-state index in [4.69, 9.17) is 29.4 Å². The molecule has 4 saturated heterocycles. The molecule has 0 spiro atoms. The predicted molar refractivity (Wildman–Crippen MR) is 486 cm³/mol. The Labute approximate surface area is 729 Å². The van der Waals surface area contributed by atoms with Gasteiger partial charge in [-0.2, -0.15) is 24.8 Å². The maximum absolute atomic E-state index is 14.4. The number of hydrogen-bond acceptors (Lipinski definition) is 26. The third kappa shape index (κ3) is 18.9. The Morgan fingerprint density at radius 1 is 0.635 bits per heavy atom. The summed E-state index contributed by atoms with van der Waals surface area (Å²) in [6, 6.07) is 37.4. The van der Waals surface area contributed by atoms with Crippen molar-refractivity contribution in [1.82, 2.24) is 108 Å². The molecule has 11 aromatic heterocycles. The zero-order valence-electron chi connectivity index (χ0n) is 72.1. The van der Waals surface area contributed by atoms with Crippen LogP contribution < -0.4 is 48.0 Å². The molecule has 0 saturated carbocycles. The molecule has 0 aliphatic carbocycles. The van der Waals surface area contributed by atoms with Crippen LogP contribution in [-0.2, 0) is 42.8 Å². The second kappa shape index (κ2) is 38.0. The van der Waals surface area contributed by atoms with Crippen molar-refractivity contribution in [3.63, 3.8) is 0 Å². The first-order valence-electron chi connectivity index (χ1n) is 42.5. The molecule has 16 heterocycles. The van der Waals surface area contributed by atoms with Crippen LogP contribution in [0, 0.1) is 26.7 Å². The molecule has 126 heavy (non-hydrogen) atoms. The zero-order chi connectivity index (χ0) is 86.5. The van der Waals surface area contributed by atoms with Gasteiger partial charge in [0.25, 0.3) is 16.7 Å². The number of piperidine rings is 1. The Kier molecular flexibility index (Phi) is 26.0. The summed E-state index contributed by atoms with van der Waals surface area (Å²) in [4.78, 5) is 89.6. The Bertz CT molecular complexity index is 6620. The van der Waals surface area contributed by atoms with E-state index in [0.29, 0.717) is 125 Å². The minimum atomic E-state index is -1.05. The summed E-state index contributed by atoms with van der Waals surface area (Å²) >= 11 is 0. The fraction of sp³-hybridized carbons (Fsp3) is 0.352. The van der Waals surface area contributed by atoms with E-state index in [1.54, 1.807) is 51.9 Å². The van der Waals surface area contributed by atoms with Gasteiger partial charge in [0.15, 0.2) is 12.9 Å². The first-order valence-corrected chi connectivity index (χ1v) is 44.0. The summed E-state index contributed by atoms with van der Waals surface area (Å²) < 4.78 is 34.8. The maximum atomic E-state index is 14.4. The number of ether oxygens (including phenoxy) is 2. The highest BCUT2D eigenvalue weighted by atomic mass is 32.2. The van der Waals surface area contributed by atoms with E-state index in [-0.39, 0.29) is 46.4 Å². The topological polar surface area (TPSA) is 402 Å². The molecular weight excluding hydrogens is 1620 g/mol. The predicted octanol–water partition coefficient (Wildman–Crippen LogP) is 12.0. The van der Waals surface area contributed by atoms with E-state index in [2.05, 4.69) is 131 Å². The van der Waals surface area contributed by atoms with E-state index in [9.17, 15) is 18.6 Å². The van der Waals surface area contributed by atoms with E-state index in [1.807, 2.05) is 148 Å². The summed E-state index contributed by atoms with van der Waals surface area (Å²) in [5.74, 6) is 3.88. The Balaban J connectivity index is 0.000000139. The second-order valence-corrected chi connectivity index (χ2v) is 33.8. The molecule has 5 aliphatic heterocycles. The molecule has 4 unspecified atom stereocenters. The van der Waals surface area contributed by atoms with Gasteiger partial charge in [-0.25, -0.2) is 38.1 Å². The second-order valence-electron chi connectivity index (χ2n) is 32.4. The van der Waals surface area contributed by atoms with Crippen molar-refractivity contribution in [1.29, 1.82) is 0 Å². The molecule has 5 aliphatic rings. The molecule has 648 valence electrons. The maximum Gasteiger partial charge on any atom is 0.261 e. The lowest BCUT2D eigenvalue weighted by molar-refractivity contribution is -0.467. The fourth-order valence-electron chi connectivity index (χ4n) is 16.9. The van der Waals surface area contributed by atoms with Crippen LogP contribution in [0.2, 0.25) is 0 Å². The monoisotopic (exact) mass is 1720 g/mol. The zero-order valence-corrected chi connectivity index (χ0v) is 72.9. The van der Waals surface area contributed by atoms with Crippen LogP contribution in [0.1, 0.15) is 117 Å². The smallest absolute Gasteiger partial charge is 0.261 e. The third-order valence-electron chi connectivity index (χ3n) is 23.4. The van der Waals surface area contributed by atoms with Crippen LogP contribution in [0.4, 0.5) is 34.9 Å². The van der Waals surface area contributed by atoms with Crippen molar-refractivity contribution >= 4 is 84.7 Å². The van der Waals surface area contributed by atoms with Crippen molar-refractivity contribution < 1.29 is 23.9 Å². The van der Waals surface area contributed by atoms with Gasteiger partial charge in [-0.1, -0.05) is 35.0 Å². The molecular formula is C91H102N27O7S+. The lowest BCUT2D eigenvalue weighted by atomic mass is 9.99. The molecule has 19 rings (SSSR count). The molecule has 4 atom stereocenters. The molecule has 7 N–H and O–H groups in total. The summed E-state index contributed by atoms with van der Waals surface area (Å²) in [6.45, 7) is 18.9. The van der Waals surface area contributed by atoms with Crippen LogP contribution in [0.25, 0.3) is 95.3 Å². The highest BCUT2D eigenvalue weighted by molar-refractivity contribution is 7.81. The average molecular weight is 1720 g/mol. The lowest BCUT2D eigenvalue weighted by Gasteiger charge is -2.31. The first kappa shape index (κ1) is 86.2. The van der Waals surface area contributed by atoms with Gasteiger partial charge >= 0.3 is 0 Å². The SMILES string of the molecule is CCn1c(=O)c(-c2cnc(-c3nnn(C)n3)cc2C)cc2cnc(Nc3ccc(OC4CCNC4)cc3)nc21.Cc1cc(C2=CCN=[N+]2C)cnc1-c1cc2cnc(Nc3ccc(CC4CCNC4)cc3)nc2n(C2CCN(S(C)=O)CC2)c1=O.Cc1nc(-c2ncnn2C)ccc1-c1cc2cnc(Nc3ccc(C4CCCCO4)cc3)nc2n(C(C)C)c1=O.O. The molecule has 14 aromatic rings. The quantitative estimate of drug-likeness (QED) is 0.0417. The lowest BCUT2D eigenvalue weighted by Crippen LogP contribution is -2.38. The number of hydrogen-bond donors (Lipinski definition) is 5. The number of anilines is 6. The molecule has 0 radical (unpaired) electrons. The number of benzene rings is 3. The first-order chi connectivity index (χ1) is 60.7. The van der Waals surface area contributed by atoms with Crippen molar-refractivity contribution in [3.8, 4) is 62.3 Å².